The maximum atomic E-state index is 15.0. The maximum absolute atomic E-state index is 15.0. The number of methoxy groups -OCH3 is 1. The summed E-state index contributed by atoms with van der Waals surface area (Å²) in [6, 6.07) is 10.9. The number of fused-ring (bicyclic) bond motifs is 1. The van der Waals surface area contributed by atoms with Crippen LogP contribution in [0.4, 0.5) is 17.6 Å². The Morgan fingerprint density at radius 1 is 1.14 bits per heavy atom. The number of hydrogen-bond donors (Lipinski definition) is 1. The Balaban J connectivity index is 1.79. The number of pyridine rings is 1. The summed E-state index contributed by atoms with van der Waals surface area (Å²) < 4.78 is 71.7. The molecule has 2 N–H and O–H groups in total. The number of alkyl halides is 3. The van der Waals surface area contributed by atoms with Crippen LogP contribution in [0.3, 0.4) is 0 Å². The van der Waals surface area contributed by atoms with E-state index in [4.69, 9.17) is 19.6 Å². The number of nitrogens with zero attached hydrogens (tertiary/aromatic N) is 1. The molecule has 0 unspecified atom stereocenters. The van der Waals surface area contributed by atoms with Crippen LogP contribution in [0.25, 0.3) is 22.1 Å². The molecule has 2 heterocycles. The fraction of sp³-hybridized carbons (Fsp3) is 0.200. The van der Waals surface area contributed by atoms with Gasteiger partial charge in [-0.15, -0.1) is 0 Å². The van der Waals surface area contributed by atoms with Crippen molar-refractivity contribution in [3.05, 3.63) is 83.1 Å². The van der Waals surface area contributed by atoms with Gasteiger partial charge in [0.1, 0.15) is 29.8 Å². The molecule has 0 aliphatic heterocycles. The molecule has 0 saturated heterocycles. The first-order valence-electron chi connectivity index (χ1n) is 10.5. The van der Waals surface area contributed by atoms with E-state index >= 15 is 4.39 Å². The quantitative estimate of drug-likeness (QED) is 0.277. The summed E-state index contributed by atoms with van der Waals surface area (Å²) in [7, 11) is 1.26. The lowest BCUT2D eigenvalue weighted by Gasteiger charge is -2.13. The largest absolute Gasteiger partial charge is 0.489 e. The molecule has 2 aromatic carbocycles. The van der Waals surface area contributed by atoms with Crippen molar-refractivity contribution in [1.82, 2.24) is 4.98 Å². The monoisotopic (exact) mass is 488 g/mol. The highest BCUT2D eigenvalue weighted by atomic mass is 19.4. The van der Waals surface area contributed by atoms with Gasteiger partial charge >= 0.3 is 12.1 Å². The third-order valence-corrected chi connectivity index (χ3v) is 5.41. The van der Waals surface area contributed by atoms with Crippen molar-refractivity contribution in [1.29, 1.82) is 0 Å². The van der Waals surface area contributed by atoms with E-state index in [9.17, 15) is 18.0 Å². The Labute approximate surface area is 197 Å². The lowest BCUT2D eigenvalue weighted by molar-refractivity contribution is -0.140. The van der Waals surface area contributed by atoms with Crippen LogP contribution in [0.2, 0.25) is 0 Å². The summed E-state index contributed by atoms with van der Waals surface area (Å²) in [5, 5.41) is -0.234. The molecule has 182 valence electrons. The Bertz CT molecular complexity index is 1380. The molecule has 0 spiro atoms. The second-order valence-corrected chi connectivity index (χ2v) is 7.64. The Kier molecular flexibility index (Phi) is 6.74. The van der Waals surface area contributed by atoms with Gasteiger partial charge in [-0.2, -0.15) is 13.2 Å². The van der Waals surface area contributed by atoms with E-state index in [-0.39, 0.29) is 47.4 Å². The number of ether oxygens (including phenoxy) is 2. The van der Waals surface area contributed by atoms with Crippen LogP contribution >= 0.6 is 0 Å². The number of esters is 1. The standard InChI is InChI=1S/C25H20F4N2O4/c1-33-22(32)10-15-4-2-3-5-21(15)34-12-14-8-17(16-6-7-31-20(11-30)23(16)26)24-18(9-14)19(13-35-24)25(27,28)29/h2-9,13H,10-12,30H2,1H3. The summed E-state index contributed by atoms with van der Waals surface area (Å²) in [6.07, 6.45) is -2.80. The van der Waals surface area contributed by atoms with Gasteiger partial charge in [0.2, 0.25) is 0 Å². The number of furan rings is 1. The van der Waals surface area contributed by atoms with Crippen molar-refractivity contribution >= 4 is 16.9 Å². The third-order valence-electron chi connectivity index (χ3n) is 5.41. The first-order valence-corrected chi connectivity index (χ1v) is 10.5. The third kappa shape index (κ3) is 4.97. The van der Waals surface area contributed by atoms with Crippen LogP contribution in [-0.4, -0.2) is 18.1 Å². The van der Waals surface area contributed by atoms with Crippen LogP contribution in [0, 0.1) is 5.82 Å². The van der Waals surface area contributed by atoms with Crippen molar-refractivity contribution in [2.75, 3.05) is 7.11 Å². The molecule has 0 atom stereocenters. The first-order chi connectivity index (χ1) is 16.7. The summed E-state index contributed by atoms with van der Waals surface area (Å²) in [5.41, 5.74) is 5.39. The molecule has 35 heavy (non-hydrogen) atoms. The average Bonchev–Trinajstić information content (AvgIpc) is 3.28. The Morgan fingerprint density at radius 2 is 1.91 bits per heavy atom. The summed E-state index contributed by atoms with van der Waals surface area (Å²) in [4.78, 5) is 15.6. The van der Waals surface area contributed by atoms with Gasteiger partial charge in [0, 0.05) is 34.8 Å². The molecule has 4 aromatic rings. The molecule has 0 aliphatic rings. The van der Waals surface area contributed by atoms with Gasteiger partial charge in [0.15, 0.2) is 5.82 Å². The van der Waals surface area contributed by atoms with Crippen LogP contribution in [-0.2, 0) is 35.3 Å². The maximum Gasteiger partial charge on any atom is 0.420 e. The van der Waals surface area contributed by atoms with Crippen LogP contribution in [0.15, 0.2) is 59.3 Å². The van der Waals surface area contributed by atoms with Gasteiger partial charge in [0.25, 0.3) is 0 Å². The Hall–Kier alpha value is -3.92. The van der Waals surface area contributed by atoms with E-state index < -0.39 is 23.5 Å². The molecule has 0 bridgehead atoms. The van der Waals surface area contributed by atoms with Crippen molar-refractivity contribution in [3.63, 3.8) is 0 Å². The summed E-state index contributed by atoms with van der Waals surface area (Å²) >= 11 is 0. The molecule has 4 rings (SSSR count). The van der Waals surface area contributed by atoms with Gasteiger partial charge in [-0.05, 0) is 29.8 Å². The topological polar surface area (TPSA) is 87.6 Å². The lowest BCUT2D eigenvalue weighted by Crippen LogP contribution is -2.07. The van der Waals surface area contributed by atoms with Crippen molar-refractivity contribution in [2.24, 2.45) is 5.73 Å². The molecule has 0 radical (unpaired) electrons. The van der Waals surface area contributed by atoms with Crippen molar-refractivity contribution in [2.45, 2.75) is 25.7 Å². The number of aromatic nitrogens is 1. The molecule has 0 amide bonds. The predicted molar refractivity (Wildman–Crippen MR) is 119 cm³/mol. The van der Waals surface area contributed by atoms with E-state index in [1.807, 2.05) is 0 Å². The van der Waals surface area contributed by atoms with Gasteiger partial charge < -0.3 is 19.6 Å². The zero-order chi connectivity index (χ0) is 25.2. The number of rotatable bonds is 7. The molecule has 10 heteroatoms. The summed E-state index contributed by atoms with van der Waals surface area (Å²) in [6.45, 7) is -0.339. The smallest absolute Gasteiger partial charge is 0.420 e. The van der Waals surface area contributed by atoms with Gasteiger partial charge in [-0.25, -0.2) is 4.39 Å². The van der Waals surface area contributed by atoms with Crippen LogP contribution in [0.5, 0.6) is 5.75 Å². The minimum Gasteiger partial charge on any atom is -0.489 e. The number of nitrogens with two attached hydrogens (primary N) is 1. The number of carbonyl (C=O) groups is 1. The second-order valence-electron chi connectivity index (χ2n) is 7.64. The van der Waals surface area contributed by atoms with Crippen molar-refractivity contribution < 1.29 is 36.2 Å². The van der Waals surface area contributed by atoms with Gasteiger partial charge in [0.05, 0.1) is 19.2 Å². The molecule has 0 aliphatic carbocycles. The first kappa shape index (κ1) is 24.2. The lowest BCUT2D eigenvalue weighted by atomic mass is 9.98. The fourth-order valence-corrected chi connectivity index (χ4v) is 3.72. The molecule has 0 fully saturated rings. The predicted octanol–water partition coefficient (Wildman–Crippen LogP) is 5.41. The minimum absolute atomic E-state index is 0.00136. The minimum atomic E-state index is -4.69. The number of benzene rings is 2. The highest BCUT2D eigenvalue weighted by Gasteiger charge is 2.35. The zero-order valence-electron chi connectivity index (χ0n) is 18.5. The number of para-hydroxylation sites is 1. The number of carbonyl (C=O) groups excluding carboxylic acids is 1. The van der Waals surface area contributed by atoms with E-state index in [1.54, 1.807) is 24.3 Å². The van der Waals surface area contributed by atoms with Crippen molar-refractivity contribution in [3.8, 4) is 16.9 Å². The molecule has 6 nitrogen and oxygen atoms in total. The molecular formula is C25H20F4N2O4. The van der Waals surface area contributed by atoms with E-state index in [2.05, 4.69) is 4.98 Å². The number of halogens is 4. The normalized spacial score (nSPS) is 11.6. The molecule has 2 aromatic heterocycles. The molecular weight excluding hydrogens is 468 g/mol. The van der Waals surface area contributed by atoms with E-state index in [1.165, 1.54) is 31.5 Å². The van der Waals surface area contributed by atoms with E-state index in [0.29, 0.717) is 23.1 Å². The fourth-order valence-electron chi connectivity index (χ4n) is 3.72. The molecule has 0 saturated carbocycles. The van der Waals surface area contributed by atoms with Crippen LogP contribution < -0.4 is 10.5 Å². The average molecular weight is 488 g/mol. The van der Waals surface area contributed by atoms with E-state index in [0.717, 1.165) is 0 Å². The summed E-state index contributed by atoms with van der Waals surface area (Å²) in [5.74, 6) is -0.854. The van der Waals surface area contributed by atoms with Crippen LogP contribution in [0.1, 0.15) is 22.4 Å². The van der Waals surface area contributed by atoms with Gasteiger partial charge in [-0.1, -0.05) is 18.2 Å². The highest BCUT2D eigenvalue weighted by Crippen LogP contribution is 2.41. The highest BCUT2D eigenvalue weighted by molar-refractivity contribution is 5.95. The SMILES string of the molecule is COC(=O)Cc1ccccc1OCc1cc(-c2ccnc(CN)c2F)c2occ(C(F)(F)F)c2c1. The Morgan fingerprint density at radius 3 is 2.63 bits per heavy atom. The second kappa shape index (κ2) is 9.75. The van der Waals surface area contributed by atoms with Gasteiger partial charge in [-0.3, -0.25) is 9.78 Å². The zero-order valence-corrected chi connectivity index (χ0v) is 18.5. The number of hydrogen-bond acceptors (Lipinski definition) is 6.